The van der Waals surface area contributed by atoms with Crippen LogP contribution in [0.3, 0.4) is 0 Å². The number of amides is 3. The van der Waals surface area contributed by atoms with Crippen LogP contribution >= 0.6 is 0 Å². The van der Waals surface area contributed by atoms with Gasteiger partial charge >= 0.3 is 5.97 Å². The fourth-order valence-corrected chi connectivity index (χ4v) is 7.68. The fraction of sp³-hybridized carbons (Fsp3) is 0.918. The van der Waals surface area contributed by atoms with E-state index >= 15 is 0 Å². The Morgan fingerprint density at radius 1 is 0.500 bits per heavy atom. The summed E-state index contributed by atoms with van der Waals surface area (Å²) in [5.74, 6) is -0.828. The maximum absolute atomic E-state index is 13.1. The molecule has 0 bridgehead atoms. The lowest BCUT2D eigenvalue weighted by atomic mass is 10.0. The van der Waals surface area contributed by atoms with E-state index in [0.29, 0.717) is 45.1 Å². The number of rotatable bonds is 43. The third kappa shape index (κ3) is 36.9. The molecule has 0 radical (unpaired) electrons. The van der Waals surface area contributed by atoms with Gasteiger partial charge in [0.15, 0.2) is 0 Å². The lowest BCUT2D eigenvalue weighted by Gasteiger charge is -2.20. The summed E-state index contributed by atoms with van der Waals surface area (Å²) in [5, 5.41) is 19.2. The molecule has 342 valence electrons. The first kappa shape index (κ1) is 55.8. The van der Waals surface area contributed by atoms with Crippen molar-refractivity contribution in [3.05, 3.63) is 0 Å². The zero-order valence-electron chi connectivity index (χ0n) is 38.8. The normalized spacial score (nSPS) is 13.4. The van der Waals surface area contributed by atoms with Gasteiger partial charge in [0, 0.05) is 19.0 Å². The van der Waals surface area contributed by atoms with E-state index in [-0.39, 0.29) is 42.6 Å². The molecule has 0 aliphatic carbocycles. The zero-order valence-corrected chi connectivity index (χ0v) is 38.8. The Bertz CT molecular complexity index is 978. The molecule has 9 heteroatoms. The highest BCUT2D eigenvalue weighted by Crippen LogP contribution is 2.17. The van der Waals surface area contributed by atoms with Crippen LogP contribution in [0, 0.1) is 0 Å². The van der Waals surface area contributed by atoms with Crippen LogP contribution < -0.4 is 16.0 Å². The Hall–Kier alpha value is -2.16. The fourth-order valence-electron chi connectivity index (χ4n) is 7.68. The maximum Gasteiger partial charge on any atom is 0.306 e. The lowest BCUT2D eigenvalue weighted by Crippen LogP contribution is -2.47. The van der Waals surface area contributed by atoms with Gasteiger partial charge in [0.05, 0.1) is 18.9 Å². The zero-order chi connectivity index (χ0) is 42.9. The molecule has 4 atom stereocenters. The van der Waals surface area contributed by atoms with Crippen molar-refractivity contribution in [2.45, 2.75) is 284 Å². The average Bonchev–Trinajstić information content (AvgIpc) is 3.19. The standard InChI is InChI=1S/C49H95N3O6/c1-6-10-13-16-19-22-25-28-31-36-43(53)40-46(54)52-45(9-4)49(57)50-39-34-35-42(5)51-47(55)41-44(37-32-29-26-23-20-17-14-11-7-2)58-48(56)38-33-30-27-24-21-18-15-12-8-3/h42-45,53H,6-41H2,1-5H3,(H,50,57)(H,51,55)(H,52,54). The van der Waals surface area contributed by atoms with Gasteiger partial charge in [-0.25, -0.2) is 0 Å². The molecule has 0 spiro atoms. The molecule has 0 aromatic carbocycles. The van der Waals surface area contributed by atoms with Crippen LogP contribution in [0.1, 0.15) is 259 Å². The van der Waals surface area contributed by atoms with Crippen LogP contribution in [-0.2, 0) is 23.9 Å². The van der Waals surface area contributed by atoms with E-state index in [9.17, 15) is 24.3 Å². The first-order valence-electron chi connectivity index (χ1n) is 24.9. The van der Waals surface area contributed by atoms with Crippen molar-refractivity contribution < 1.29 is 29.0 Å². The van der Waals surface area contributed by atoms with Crippen LogP contribution in [0.15, 0.2) is 0 Å². The molecule has 0 saturated carbocycles. The minimum Gasteiger partial charge on any atom is -0.462 e. The average molecular weight is 822 g/mol. The molecule has 0 fully saturated rings. The Labute approximate surface area is 357 Å². The van der Waals surface area contributed by atoms with E-state index < -0.39 is 18.2 Å². The molecule has 0 saturated heterocycles. The van der Waals surface area contributed by atoms with Gasteiger partial charge in [0.1, 0.15) is 12.1 Å². The van der Waals surface area contributed by atoms with E-state index in [2.05, 4.69) is 36.7 Å². The second-order valence-corrected chi connectivity index (χ2v) is 17.4. The van der Waals surface area contributed by atoms with Gasteiger partial charge < -0.3 is 25.8 Å². The Morgan fingerprint density at radius 3 is 1.41 bits per heavy atom. The summed E-state index contributed by atoms with van der Waals surface area (Å²) < 4.78 is 5.90. The Morgan fingerprint density at radius 2 is 0.931 bits per heavy atom. The number of ether oxygens (including phenoxy) is 1. The van der Waals surface area contributed by atoms with Crippen molar-refractivity contribution in [1.29, 1.82) is 0 Å². The monoisotopic (exact) mass is 822 g/mol. The third-order valence-electron chi connectivity index (χ3n) is 11.5. The number of carbonyl (C=O) groups is 4. The van der Waals surface area contributed by atoms with Crippen molar-refractivity contribution >= 4 is 23.7 Å². The van der Waals surface area contributed by atoms with Crippen molar-refractivity contribution in [3.8, 4) is 0 Å². The summed E-state index contributed by atoms with van der Waals surface area (Å²) in [6.07, 6.45) is 35.2. The summed E-state index contributed by atoms with van der Waals surface area (Å²) in [6, 6.07) is -0.736. The summed E-state index contributed by atoms with van der Waals surface area (Å²) in [4.78, 5) is 51.3. The smallest absolute Gasteiger partial charge is 0.306 e. The van der Waals surface area contributed by atoms with Gasteiger partial charge in [-0.3, -0.25) is 19.2 Å². The molecule has 0 rings (SSSR count). The molecular weight excluding hydrogens is 727 g/mol. The molecule has 0 aromatic rings. The van der Waals surface area contributed by atoms with E-state index in [1.54, 1.807) is 0 Å². The first-order valence-corrected chi connectivity index (χ1v) is 24.9. The molecule has 3 amide bonds. The van der Waals surface area contributed by atoms with E-state index in [1.807, 2.05) is 13.8 Å². The van der Waals surface area contributed by atoms with Gasteiger partial charge in [0.2, 0.25) is 17.7 Å². The van der Waals surface area contributed by atoms with Gasteiger partial charge in [-0.05, 0) is 51.9 Å². The summed E-state index contributed by atoms with van der Waals surface area (Å²) in [6.45, 7) is 11.0. The molecule has 9 nitrogen and oxygen atoms in total. The van der Waals surface area contributed by atoms with E-state index in [1.165, 1.54) is 128 Å². The quantitative estimate of drug-likeness (QED) is 0.0357. The topological polar surface area (TPSA) is 134 Å². The van der Waals surface area contributed by atoms with Crippen LogP contribution in [0.25, 0.3) is 0 Å². The van der Waals surface area contributed by atoms with E-state index in [0.717, 1.165) is 44.9 Å². The van der Waals surface area contributed by atoms with Gasteiger partial charge in [-0.1, -0.05) is 188 Å². The van der Waals surface area contributed by atoms with Crippen molar-refractivity contribution in [3.63, 3.8) is 0 Å². The number of carbonyl (C=O) groups excluding carboxylic acids is 4. The predicted octanol–water partition coefficient (Wildman–Crippen LogP) is 12.1. The van der Waals surface area contributed by atoms with Gasteiger partial charge in [0.25, 0.3) is 0 Å². The highest BCUT2D eigenvalue weighted by molar-refractivity contribution is 5.87. The van der Waals surface area contributed by atoms with Crippen LogP contribution in [-0.4, -0.2) is 59.6 Å². The Balaban J connectivity index is 4.54. The lowest BCUT2D eigenvalue weighted by molar-refractivity contribution is -0.151. The first-order chi connectivity index (χ1) is 28.2. The maximum atomic E-state index is 13.1. The van der Waals surface area contributed by atoms with Crippen molar-refractivity contribution in [2.24, 2.45) is 0 Å². The molecule has 0 aliphatic heterocycles. The summed E-state index contributed by atoms with van der Waals surface area (Å²) >= 11 is 0. The number of unbranched alkanes of at least 4 members (excludes halogenated alkanes) is 24. The van der Waals surface area contributed by atoms with Crippen molar-refractivity contribution in [1.82, 2.24) is 16.0 Å². The summed E-state index contributed by atoms with van der Waals surface area (Å²) in [5.41, 5.74) is 0. The van der Waals surface area contributed by atoms with Crippen molar-refractivity contribution in [2.75, 3.05) is 6.54 Å². The highest BCUT2D eigenvalue weighted by Gasteiger charge is 2.22. The predicted molar refractivity (Wildman–Crippen MR) is 243 cm³/mol. The number of esters is 1. The number of nitrogens with one attached hydrogen (secondary N) is 3. The molecule has 0 heterocycles. The SMILES string of the molecule is CCCCCCCCCCCC(=O)OC(CCCCCCCCCCC)CC(=O)NC(C)CCCNC(=O)C(CC)NC(=O)CC(O)CCCCCCCCCCC. The molecule has 58 heavy (non-hydrogen) atoms. The third-order valence-corrected chi connectivity index (χ3v) is 11.5. The molecular formula is C49H95N3O6. The molecule has 0 aliphatic rings. The molecule has 0 aromatic heterocycles. The minimum absolute atomic E-state index is 0.0105. The van der Waals surface area contributed by atoms with Crippen LogP contribution in [0.4, 0.5) is 0 Å². The van der Waals surface area contributed by atoms with Crippen LogP contribution in [0.2, 0.25) is 0 Å². The Kier molecular flexibility index (Phi) is 40.0. The van der Waals surface area contributed by atoms with Crippen LogP contribution in [0.5, 0.6) is 0 Å². The second kappa shape index (κ2) is 41.6. The largest absolute Gasteiger partial charge is 0.462 e. The highest BCUT2D eigenvalue weighted by atomic mass is 16.5. The number of hydrogen-bond acceptors (Lipinski definition) is 6. The van der Waals surface area contributed by atoms with E-state index in [4.69, 9.17) is 4.74 Å². The number of aliphatic hydroxyl groups excluding tert-OH is 1. The summed E-state index contributed by atoms with van der Waals surface area (Å²) in [7, 11) is 0. The minimum atomic E-state index is -0.691. The number of aliphatic hydroxyl groups is 1. The van der Waals surface area contributed by atoms with Gasteiger partial charge in [-0.15, -0.1) is 0 Å². The second-order valence-electron chi connectivity index (χ2n) is 17.4. The molecule has 4 N–H and O–H groups in total. The van der Waals surface area contributed by atoms with Gasteiger partial charge in [-0.2, -0.15) is 0 Å². The molecule has 4 unspecified atom stereocenters. The number of hydrogen-bond donors (Lipinski definition) is 4.